The molecule has 0 aliphatic carbocycles. The van der Waals surface area contributed by atoms with E-state index in [0.717, 1.165) is 77.0 Å². The van der Waals surface area contributed by atoms with Crippen LogP contribution in [0, 0.1) is 0 Å². The van der Waals surface area contributed by atoms with Gasteiger partial charge in [-0.3, -0.25) is 0 Å². The van der Waals surface area contributed by atoms with Crippen LogP contribution >= 0.6 is 0 Å². The predicted octanol–water partition coefficient (Wildman–Crippen LogP) is 13.0. The second kappa shape index (κ2) is 36.1. The Morgan fingerprint density at radius 2 is 0.815 bits per heavy atom. The normalized spacial score (nSPS) is 28.5. The van der Waals surface area contributed by atoms with Gasteiger partial charge in [0.1, 0.15) is 12.2 Å². The van der Waals surface area contributed by atoms with E-state index in [9.17, 15) is 14.4 Å². The van der Waals surface area contributed by atoms with Crippen LogP contribution in [-0.2, 0) is 28.6 Å². The molecule has 6 heteroatoms. The van der Waals surface area contributed by atoms with E-state index < -0.39 is 0 Å². The van der Waals surface area contributed by atoms with Crippen LogP contribution in [0.15, 0.2) is 109 Å². The molecule has 0 fully saturated rings. The van der Waals surface area contributed by atoms with Crippen molar-refractivity contribution >= 4 is 17.9 Å². The van der Waals surface area contributed by atoms with E-state index in [1.807, 2.05) is 61.6 Å². The highest BCUT2D eigenvalue weighted by Gasteiger charge is 2.12. The molecule has 0 aromatic heterocycles. The first-order valence-corrected chi connectivity index (χ1v) is 21.1. The van der Waals surface area contributed by atoms with Gasteiger partial charge >= 0.3 is 17.9 Å². The summed E-state index contributed by atoms with van der Waals surface area (Å²) in [5, 5.41) is 0. The highest BCUT2D eigenvalue weighted by Crippen LogP contribution is 2.15. The van der Waals surface area contributed by atoms with Crippen molar-refractivity contribution in [3.63, 3.8) is 0 Å². The summed E-state index contributed by atoms with van der Waals surface area (Å²) in [6, 6.07) is 0. The van der Waals surface area contributed by atoms with Crippen LogP contribution in [0.3, 0.4) is 0 Å². The number of ether oxygens (including phenoxy) is 3. The molecular formula is C48H72O6. The second-order valence-corrected chi connectivity index (χ2v) is 14.1. The Morgan fingerprint density at radius 3 is 1.30 bits per heavy atom. The van der Waals surface area contributed by atoms with Crippen LogP contribution in [0.5, 0.6) is 0 Å². The maximum Gasteiger partial charge on any atom is 0.331 e. The van der Waals surface area contributed by atoms with Crippen molar-refractivity contribution in [3.8, 4) is 0 Å². The minimum Gasteiger partial charge on any atom is -0.460 e. The molecule has 0 saturated carbocycles. The van der Waals surface area contributed by atoms with Crippen molar-refractivity contribution in [3.05, 3.63) is 109 Å². The Morgan fingerprint density at radius 1 is 0.444 bits per heavy atom. The lowest BCUT2D eigenvalue weighted by Gasteiger charge is -2.16. The molecule has 6 nitrogen and oxygen atoms in total. The van der Waals surface area contributed by atoms with Gasteiger partial charge in [-0.1, -0.05) is 150 Å². The Balaban J connectivity index is 0.000000405. The van der Waals surface area contributed by atoms with E-state index in [4.69, 9.17) is 14.2 Å². The number of cyclic esters (lactones) is 3. The van der Waals surface area contributed by atoms with E-state index in [-0.39, 0.29) is 36.2 Å². The number of hydrogen-bond donors (Lipinski definition) is 0. The first-order valence-electron chi connectivity index (χ1n) is 21.1. The number of carbonyl (C=O) groups is 3. The van der Waals surface area contributed by atoms with E-state index >= 15 is 0 Å². The average molecular weight is 745 g/mol. The van der Waals surface area contributed by atoms with Crippen LogP contribution in [0.4, 0.5) is 0 Å². The lowest BCUT2D eigenvalue weighted by Crippen LogP contribution is -2.16. The van der Waals surface area contributed by atoms with E-state index in [1.165, 1.54) is 76.0 Å². The van der Waals surface area contributed by atoms with Gasteiger partial charge in [-0.25, -0.2) is 14.4 Å². The van der Waals surface area contributed by atoms with Gasteiger partial charge in [0.15, 0.2) is 0 Å². The topological polar surface area (TPSA) is 78.9 Å². The van der Waals surface area contributed by atoms with Crippen LogP contribution in [0.1, 0.15) is 156 Å². The first kappa shape index (κ1) is 48.1. The van der Waals surface area contributed by atoms with Gasteiger partial charge in [-0.05, 0) is 96.8 Å². The fourth-order valence-electron chi connectivity index (χ4n) is 5.97. The third-order valence-electron chi connectivity index (χ3n) is 9.08. The maximum absolute atomic E-state index is 11.6. The molecule has 300 valence electrons. The zero-order valence-corrected chi connectivity index (χ0v) is 33.9. The molecule has 3 atom stereocenters. The molecular weight excluding hydrogens is 673 g/mol. The number of esters is 3. The Hall–Kier alpha value is -3.93. The molecule has 3 aliphatic heterocycles. The second-order valence-electron chi connectivity index (χ2n) is 14.1. The van der Waals surface area contributed by atoms with Gasteiger partial charge in [0, 0.05) is 18.2 Å². The molecule has 0 N–H and O–H groups in total. The highest BCUT2D eigenvalue weighted by molar-refractivity contribution is 5.83. The quantitative estimate of drug-likeness (QED) is 0.211. The van der Waals surface area contributed by atoms with Crippen molar-refractivity contribution in [1.29, 1.82) is 0 Å². The molecule has 3 rings (SSSR count). The maximum atomic E-state index is 11.6. The summed E-state index contributed by atoms with van der Waals surface area (Å²) in [5.41, 5.74) is 0. The fourth-order valence-corrected chi connectivity index (χ4v) is 5.97. The molecule has 0 radical (unpaired) electrons. The van der Waals surface area contributed by atoms with Crippen molar-refractivity contribution < 1.29 is 28.6 Å². The van der Waals surface area contributed by atoms with Gasteiger partial charge in [-0.2, -0.15) is 0 Å². The minimum atomic E-state index is -0.247. The van der Waals surface area contributed by atoms with Gasteiger partial charge < -0.3 is 14.2 Å². The summed E-state index contributed by atoms with van der Waals surface area (Å²) in [7, 11) is 0. The van der Waals surface area contributed by atoms with Gasteiger partial charge in [-0.15, -0.1) is 0 Å². The monoisotopic (exact) mass is 745 g/mol. The summed E-state index contributed by atoms with van der Waals surface area (Å²) in [6.45, 7) is 6.16. The summed E-state index contributed by atoms with van der Waals surface area (Å²) >= 11 is 0. The molecule has 0 bridgehead atoms. The van der Waals surface area contributed by atoms with Gasteiger partial charge in [0.05, 0.1) is 6.10 Å². The van der Waals surface area contributed by atoms with Gasteiger partial charge in [0.25, 0.3) is 0 Å². The molecule has 54 heavy (non-hydrogen) atoms. The zero-order chi connectivity index (χ0) is 39.2. The number of rotatable bonds is 3. The number of hydrogen-bond acceptors (Lipinski definition) is 6. The first-order chi connectivity index (χ1) is 26.4. The Labute approximate surface area is 329 Å². The van der Waals surface area contributed by atoms with Crippen molar-refractivity contribution in [1.82, 2.24) is 0 Å². The van der Waals surface area contributed by atoms with Crippen molar-refractivity contribution in [2.75, 3.05) is 0 Å². The Bertz CT molecular complexity index is 1240. The minimum absolute atomic E-state index is 0.0268. The third-order valence-corrected chi connectivity index (χ3v) is 9.08. The SMILES string of the molecule is CC1CCCCCCC/C=C/C=C/C=C/C(=O)O1.CCC1CCCCCC/C=C/C=C/C=C/C(=O)O1.CCCC1CCCCC/C=C/C=C/C=C/C(=O)O1. The molecule has 3 unspecified atom stereocenters. The van der Waals surface area contributed by atoms with E-state index in [2.05, 4.69) is 32.1 Å². The predicted molar refractivity (Wildman–Crippen MR) is 226 cm³/mol. The van der Waals surface area contributed by atoms with Crippen molar-refractivity contribution in [2.45, 2.75) is 174 Å². The van der Waals surface area contributed by atoms with Crippen LogP contribution in [-0.4, -0.2) is 36.2 Å². The third kappa shape index (κ3) is 31.6. The molecule has 0 aromatic carbocycles. The summed E-state index contributed by atoms with van der Waals surface area (Å²) in [4.78, 5) is 34.5. The lowest BCUT2D eigenvalue weighted by atomic mass is 10.1. The summed E-state index contributed by atoms with van der Waals surface area (Å²) in [6.07, 6.45) is 57.9. The Kier molecular flexibility index (Phi) is 32.1. The molecule has 0 saturated heterocycles. The lowest BCUT2D eigenvalue weighted by molar-refractivity contribution is -0.144. The number of carbonyl (C=O) groups excluding carboxylic acids is 3. The molecule has 3 aliphatic rings. The molecule has 0 spiro atoms. The van der Waals surface area contributed by atoms with Crippen LogP contribution in [0.2, 0.25) is 0 Å². The fraction of sp³-hybridized carbons (Fsp3) is 0.562. The summed E-state index contributed by atoms with van der Waals surface area (Å²) in [5.74, 6) is -0.701. The van der Waals surface area contributed by atoms with Crippen LogP contribution < -0.4 is 0 Å². The van der Waals surface area contributed by atoms with E-state index in [1.54, 1.807) is 18.2 Å². The van der Waals surface area contributed by atoms with Crippen LogP contribution in [0.25, 0.3) is 0 Å². The van der Waals surface area contributed by atoms with Crippen molar-refractivity contribution in [2.24, 2.45) is 0 Å². The molecule has 3 heterocycles. The number of allylic oxidation sites excluding steroid dienone is 15. The van der Waals surface area contributed by atoms with E-state index in [0.29, 0.717) is 0 Å². The standard InChI is InChI=1S/3C16H24O2/c1-15-13-11-9-7-5-3-2-4-6-8-10-12-14-16(17)18-15;1-2-15-13-11-9-7-5-3-4-6-8-10-12-14-16(17)18-15;1-2-12-15-13-10-8-6-4-3-5-7-9-11-14-16(17)18-15/h2*4,6,8,10,12,14-15H,2-3,5,7,9,11,13H2,1H3;3,5,7,9,11,14-15H,2,4,6,8,10,12-13H2,1H3/b2*6-4+,10-8+,14-12+;5-3+,9-7+,14-11+. The average Bonchev–Trinajstić information content (AvgIpc) is 3.16. The molecule has 0 amide bonds. The molecule has 0 aromatic rings. The highest BCUT2D eigenvalue weighted by atomic mass is 16.5. The smallest absolute Gasteiger partial charge is 0.331 e. The largest absolute Gasteiger partial charge is 0.460 e. The van der Waals surface area contributed by atoms with Gasteiger partial charge in [0.2, 0.25) is 0 Å². The zero-order valence-electron chi connectivity index (χ0n) is 33.9. The summed E-state index contributed by atoms with van der Waals surface area (Å²) < 4.78 is 16.1.